The minimum Gasteiger partial charge on any atom is -0.398 e. The van der Waals surface area contributed by atoms with Gasteiger partial charge in [0.25, 0.3) is 0 Å². The monoisotopic (exact) mass is 204 g/mol. The van der Waals surface area contributed by atoms with E-state index in [9.17, 15) is 0 Å². The second-order valence-corrected chi connectivity index (χ2v) is 4.40. The number of hydrogen-bond donors (Lipinski definition) is 2. The zero-order chi connectivity index (χ0) is 10.7. The molecule has 0 saturated heterocycles. The summed E-state index contributed by atoms with van der Waals surface area (Å²) >= 11 is 0. The van der Waals surface area contributed by atoms with Crippen LogP contribution in [0.4, 0.5) is 5.69 Å². The first-order valence-corrected chi connectivity index (χ1v) is 5.88. The number of nitrogens with two attached hydrogens (primary N) is 1. The minimum absolute atomic E-state index is 0.766. The van der Waals surface area contributed by atoms with E-state index in [4.69, 9.17) is 5.73 Å². The number of fused-ring (bicyclic) bond motifs is 1. The first-order valence-electron chi connectivity index (χ1n) is 5.88. The van der Waals surface area contributed by atoms with Crippen molar-refractivity contribution in [3.63, 3.8) is 0 Å². The van der Waals surface area contributed by atoms with Crippen LogP contribution >= 0.6 is 0 Å². The van der Waals surface area contributed by atoms with Gasteiger partial charge < -0.3 is 11.1 Å². The van der Waals surface area contributed by atoms with Crippen LogP contribution in [0, 0.1) is 5.92 Å². The van der Waals surface area contributed by atoms with Gasteiger partial charge in [0.05, 0.1) is 0 Å². The molecule has 3 N–H and O–H groups in total. The molecule has 1 aromatic rings. The van der Waals surface area contributed by atoms with E-state index in [2.05, 4.69) is 24.4 Å². The van der Waals surface area contributed by atoms with E-state index in [1.165, 1.54) is 24.0 Å². The van der Waals surface area contributed by atoms with Gasteiger partial charge in [0.15, 0.2) is 0 Å². The van der Waals surface area contributed by atoms with Gasteiger partial charge in [-0.3, -0.25) is 0 Å². The average molecular weight is 204 g/mol. The summed E-state index contributed by atoms with van der Waals surface area (Å²) in [5, 5.41) is 3.43. The number of benzene rings is 1. The van der Waals surface area contributed by atoms with Crippen LogP contribution in [0.3, 0.4) is 0 Å². The Kier molecular flexibility index (Phi) is 3.27. The SMILES string of the molecule is CCNCC1CCc2cccc(N)c2C1. The maximum Gasteiger partial charge on any atom is 0.0349 e. The molecule has 2 rings (SSSR count). The van der Waals surface area contributed by atoms with Crippen LogP contribution in [0.25, 0.3) is 0 Å². The average Bonchev–Trinajstić information content (AvgIpc) is 2.27. The Morgan fingerprint density at radius 1 is 1.47 bits per heavy atom. The van der Waals surface area contributed by atoms with E-state index in [1.54, 1.807) is 0 Å². The lowest BCUT2D eigenvalue weighted by Crippen LogP contribution is -2.27. The highest BCUT2D eigenvalue weighted by Crippen LogP contribution is 2.28. The number of aryl methyl sites for hydroxylation is 1. The van der Waals surface area contributed by atoms with Crippen LogP contribution in [-0.2, 0) is 12.8 Å². The highest BCUT2D eigenvalue weighted by Gasteiger charge is 2.19. The van der Waals surface area contributed by atoms with E-state index < -0.39 is 0 Å². The van der Waals surface area contributed by atoms with Gasteiger partial charge in [-0.1, -0.05) is 19.1 Å². The van der Waals surface area contributed by atoms with Crippen molar-refractivity contribution in [2.45, 2.75) is 26.2 Å². The number of rotatable bonds is 3. The first kappa shape index (κ1) is 10.5. The Morgan fingerprint density at radius 3 is 3.13 bits per heavy atom. The standard InChI is InChI=1S/C13H20N2/c1-2-15-9-10-6-7-11-4-3-5-13(14)12(11)8-10/h3-5,10,15H,2,6-9,14H2,1H3. The summed E-state index contributed by atoms with van der Waals surface area (Å²) in [6.45, 7) is 4.35. The lowest BCUT2D eigenvalue weighted by molar-refractivity contribution is 0.430. The maximum absolute atomic E-state index is 6.01. The normalized spacial score (nSPS) is 19.9. The largest absolute Gasteiger partial charge is 0.398 e. The van der Waals surface area contributed by atoms with Crippen molar-refractivity contribution in [3.8, 4) is 0 Å². The lowest BCUT2D eigenvalue weighted by Gasteiger charge is -2.25. The predicted octanol–water partition coefficient (Wildman–Crippen LogP) is 1.98. The van der Waals surface area contributed by atoms with Gasteiger partial charge in [-0.25, -0.2) is 0 Å². The molecule has 15 heavy (non-hydrogen) atoms. The van der Waals surface area contributed by atoms with Crippen molar-refractivity contribution in [3.05, 3.63) is 29.3 Å². The Labute approximate surface area is 91.9 Å². The van der Waals surface area contributed by atoms with Crippen LogP contribution in [0.15, 0.2) is 18.2 Å². The summed E-state index contributed by atoms with van der Waals surface area (Å²) in [5.41, 5.74) is 9.85. The van der Waals surface area contributed by atoms with Crippen LogP contribution in [-0.4, -0.2) is 13.1 Å². The first-order chi connectivity index (χ1) is 7.31. The van der Waals surface area contributed by atoms with Crippen LogP contribution in [0.1, 0.15) is 24.5 Å². The molecule has 1 aliphatic carbocycles. The summed E-state index contributed by atoms with van der Waals surface area (Å²) in [6, 6.07) is 6.31. The molecule has 0 spiro atoms. The molecule has 82 valence electrons. The second kappa shape index (κ2) is 4.67. The number of hydrogen-bond acceptors (Lipinski definition) is 2. The minimum atomic E-state index is 0.766. The molecular weight excluding hydrogens is 184 g/mol. The van der Waals surface area contributed by atoms with Gasteiger partial charge in [0.1, 0.15) is 0 Å². The van der Waals surface area contributed by atoms with E-state index in [0.29, 0.717) is 0 Å². The molecule has 0 bridgehead atoms. The molecule has 0 heterocycles. The topological polar surface area (TPSA) is 38.0 Å². The van der Waals surface area contributed by atoms with Crippen molar-refractivity contribution >= 4 is 5.69 Å². The van der Waals surface area contributed by atoms with Crippen LogP contribution in [0.5, 0.6) is 0 Å². The summed E-state index contributed by atoms with van der Waals surface area (Å²) < 4.78 is 0. The van der Waals surface area contributed by atoms with Crippen molar-refractivity contribution < 1.29 is 0 Å². The molecule has 0 aliphatic heterocycles. The fraction of sp³-hybridized carbons (Fsp3) is 0.538. The lowest BCUT2D eigenvalue weighted by atomic mass is 9.83. The van der Waals surface area contributed by atoms with Crippen molar-refractivity contribution in [2.24, 2.45) is 5.92 Å². The van der Waals surface area contributed by atoms with E-state index in [0.717, 1.165) is 31.1 Å². The van der Waals surface area contributed by atoms with Gasteiger partial charge in [0, 0.05) is 5.69 Å². The Bertz CT molecular complexity index is 333. The predicted molar refractivity (Wildman–Crippen MR) is 64.9 cm³/mol. The molecule has 0 amide bonds. The zero-order valence-corrected chi connectivity index (χ0v) is 9.42. The molecule has 2 nitrogen and oxygen atoms in total. The second-order valence-electron chi connectivity index (χ2n) is 4.40. The molecule has 1 unspecified atom stereocenters. The van der Waals surface area contributed by atoms with Crippen molar-refractivity contribution in [2.75, 3.05) is 18.8 Å². The third kappa shape index (κ3) is 2.32. The molecule has 1 atom stereocenters. The van der Waals surface area contributed by atoms with E-state index >= 15 is 0 Å². The van der Waals surface area contributed by atoms with Gasteiger partial charge in [-0.2, -0.15) is 0 Å². The van der Waals surface area contributed by atoms with Gasteiger partial charge in [0.2, 0.25) is 0 Å². The van der Waals surface area contributed by atoms with Gasteiger partial charge >= 0.3 is 0 Å². The summed E-state index contributed by atoms with van der Waals surface area (Å²) in [7, 11) is 0. The summed E-state index contributed by atoms with van der Waals surface area (Å²) in [4.78, 5) is 0. The number of nitrogen functional groups attached to an aromatic ring is 1. The quantitative estimate of drug-likeness (QED) is 0.739. The molecule has 0 fully saturated rings. The molecule has 0 aromatic heterocycles. The molecule has 1 aromatic carbocycles. The fourth-order valence-electron chi connectivity index (χ4n) is 2.41. The van der Waals surface area contributed by atoms with Crippen LogP contribution in [0.2, 0.25) is 0 Å². The summed E-state index contributed by atoms with van der Waals surface area (Å²) in [6.07, 6.45) is 3.63. The summed E-state index contributed by atoms with van der Waals surface area (Å²) in [5.74, 6) is 0.766. The third-order valence-corrected chi connectivity index (χ3v) is 3.31. The van der Waals surface area contributed by atoms with Gasteiger partial charge in [-0.05, 0) is 55.5 Å². The van der Waals surface area contributed by atoms with Gasteiger partial charge in [-0.15, -0.1) is 0 Å². The highest BCUT2D eigenvalue weighted by molar-refractivity contribution is 5.52. The highest BCUT2D eigenvalue weighted by atomic mass is 14.8. The molecular formula is C13H20N2. The fourth-order valence-corrected chi connectivity index (χ4v) is 2.41. The Hall–Kier alpha value is -1.02. The zero-order valence-electron chi connectivity index (χ0n) is 9.42. The molecule has 1 aliphatic rings. The molecule has 2 heteroatoms. The Balaban J connectivity index is 2.08. The Morgan fingerprint density at radius 2 is 2.33 bits per heavy atom. The number of anilines is 1. The van der Waals surface area contributed by atoms with Crippen molar-refractivity contribution in [1.29, 1.82) is 0 Å². The number of nitrogens with one attached hydrogen (secondary N) is 1. The maximum atomic E-state index is 6.01. The molecule has 0 radical (unpaired) electrons. The van der Waals surface area contributed by atoms with Crippen LogP contribution < -0.4 is 11.1 Å². The molecule has 0 saturated carbocycles. The third-order valence-electron chi connectivity index (χ3n) is 3.31. The van der Waals surface area contributed by atoms with E-state index in [-0.39, 0.29) is 0 Å². The smallest absolute Gasteiger partial charge is 0.0349 e. The van der Waals surface area contributed by atoms with Crippen molar-refractivity contribution in [1.82, 2.24) is 5.32 Å². The van der Waals surface area contributed by atoms with E-state index in [1.807, 2.05) is 6.07 Å².